The van der Waals surface area contributed by atoms with Gasteiger partial charge in [-0.1, -0.05) is 30.3 Å². The Morgan fingerprint density at radius 1 is 1.17 bits per heavy atom. The highest BCUT2D eigenvalue weighted by molar-refractivity contribution is 7.54. The van der Waals surface area contributed by atoms with E-state index in [2.05, 4.69) is 17.0 Å². The number of hydrogen-bond acceptors (Lipinski definition) is 5. The second-order valence-electron chi connectivity index (χ2n) is 5.95. The van der Waals surface area contributed by atoms with Gasteiger partial charge in [-0.15, -0.1) is 0 Å². The lowest BCUT2D eigenvalue weighted by Crippen LogP contribution is -2.45. The van der Waals surface area contributed by atoms with E-state index in [-0.39, 0.29) is 18.1 Å². The molecule has 6 heteroatoms. The Morgan fingerprint density at radius 2 is 1.87 bits per heavy atom. The Hall–Kier alpha value is -0.710. The molecular formula is C17H26NO4P. The number of fused-ring (bicyclic) bond motifs is 1. The van der Waals surface area contributed by atoms with Gasteiger partial charge >= 0.3 is 7.60 Å². The van der Waals surface area contributed by atoms with Crippen molar-refractivity contribution in [2.24, 2.45) is 0 Å². The molecule has 5 nitrogen and oxygen atoms in total. The molecule has 23 heavy (non-hydrogen) atoms. The Kier molecular flexibility index (Phi) is 5.55. The molecule has 2 aliphatic heterocycles. The van der Waals surface area contributed by atoms with E-state index in [0.717, 1.165) is 19.3 Å². The van der Waals surface area contributed by atoms with Crippen LogP contribution in [0.3, 0.4) is 0 Å². The van der Waals surface area contributed by atoms with Crippen molar-refractivity contribution in [3.05, 3.63) is 35.9 Å². The fraction of sp³-hybridized carbons (Fsp3) is 0.647. The van der Waals surface area contributed by atoms with Gasteiger partial charge in [0, 0.05) is 0 Å². The van der Waals surface area contributed by atoms with Crippen LogP contribution < -0.4 is 0 Å². The van der Waals surface area contributed by atoms with Gasteiger partial charge in [-0.2, -0.15) is 0 Å². The maximum absolute atomic E-state index is 13.3. The smallest absolute Gasteiger partial charge is 0.347 e. The van der Waals surface area contributed by atoms with Gasteiger partial charge in [-0.05, 0) is 38.7 Å². The lowest BCUT2D eigenvalue weighted by atomic mass is 10.0. The van der Waals surface area contributed by atoms with Gasteiger partial charge in [0.25, 0.3) is 0 Å². The van der Waals surface area contributed by atoms with Crippen LogP contribution in [0.2, 0.25) is 0 Å². The molecule has 128 valence electrons. The zero-order valence-corrected chi connectivity index (χ0v) is 14.8. The summed E-state index contributed by atoms with van der Waals surface area (Å²) in [5, 5.41) is 0. The van der Waals surface area contributed by atoms with Crippen LogP contribution in [-0.4, -0.2) is 36.7 Å². The van der Waals surface area contributed by atoms with Gasteiger partial charge in [0.15, 0.2) is 0 Å². The molecule has 0 radical (unpaired) electrons. The molecule has 1 aromatic rings. The highest BCUT2D eigenvalue weighted by Crippen LogP contribution is 2.60. The van der Waals surface area contributed by atoms with Crippen molar-refractivity contribution < 1.29 is 18.3 Å². The molecule has 2 fully saturated rings. The van der Waals surface area contributed by atoms with E-state index >= 15 is 0 Å². The summed E-state index contributed by atoms with van der Waals surface area (Å²) in [4.78, 5) is 2.24. The highest BCUT2D eigenvalue weighted by Gasteiger charge is 2.50. The molecule has 2 saturated heterocycles. The molecule has 2 aliphatic rings. The first-order valence-corrected chi connectivity index (χ1v) is 10.1. The van der Waals surface area contributed by atoms with Crippen molar-refractivity contribution in [3.8, 4) is 0 Å². The Labute approximate surface area is 138 Å². The van der Waals surface area contributed by atoms with E-state index < -0.39 is 7.60 Å². The monoisotopic (exact) mass is 339 g/mol. The van der Waals surface area contributed by atoms with Crippen LogP contribution in [0.5, 0.6) is 0 Å². The summed E-state index contributed by atoms with van der Waals surface area (Å²) in [6.07, 6.45) is 2.78. The summed E-state index contributed by atoms with van der Waals surface area (Å²) in [5.41, 5.74) is 1.20. The van der Waals surface area contributed by atoms with Crippen molar-refractivity contribution in [3.63, 3.8) is 0 Å². The lowest BCUT2D eigenvalue weighted by Gasteiger charge is -2.41. The topological polar surface area (TPSA) is 48.0 Å². The molecule has 3 atom stereocenters. The third kappa shape index (κ3) is 3.40. The SMILES string of the molecule is CCOP(=O)(OCC)C1CCCC2OC[C@H](c3ccccc3)N21. The zero-order valence-electron chi connectivity index (χ0n) is 13.9. The lowest BCUT2D eigenvalue weighted by molar-refractivity contribution is -0.0146. The maximum Gasteiger partial charge on any atom is 0.347 e. The van der Waals surface area contributed by atoms with Gasteiger partial charge in [0.05, 0.1) is 25.9 Å². The fourth-order valence-electron chi connectivity index (χ4n) is 3.67. The predicted octanol–water partition coefficient (Wildman–Crippen LogP) is 4.16. The van der Waals surface area contributed by atoms with Crippen LogP contribution in [0.4, 0.5) is 0 Å². The normalized spacial score (nSPS) is 28.7. The van der Waals surface area contributed by atoms with Crippen LogP contribution >= 0.6 is 7.60 Å². The van der Waals surface area contributed by atoms with Crippen LogP contribution in [0.25, 0.3) is 0 Å². The molecule has 2 heterocycles. The quantitative estimate of drug-likeness (QED) is 0.728. The minimum atomic E-state index is -3.18. The Balaban J connectivity index is 1.91. The first kappa shape index (κ1) is 17.1. The van der Waals surface area contributed by atoms with Crippen LogP contribution in [-0.2, 0) is 18.3 Å². The Morgan fingerprint density at radius 3 is 2.52 bits per heavy atom. The molecule has 1 aromatic carbocycles. The minimum absolute atomic E-state index is 0.00759. The molecule has 0 aliphatic carbocycles. The molecule has 0 aromatic heterocycles. The predicted molar refractivity (Wildman–Crippen MR) is 89.3 cm³/mol. The molecule has 0 N–H and O–H groups in total. The molecule has 2 unspecified atom stereocenters. The van der Waals surface area contributed by atoms with E-state index in [4.69, 9.17) is 13.8 Å². The minimum Gasteiger partial charge on any atom is -0.361 e. The number of nitrogens with zero attached hydrogens (tertiary/aromatic N) is 1. The number of benzene rings is 1. The average Bonchev–Trinajstić information content (AvgIpc) is 3.00. The summed E-state index contributed by atoms with van der Waals surface area (Å²) in [5.74, 6) is -0.228. The molecule has 3 rings (SSSR count). The van der Waals surface area contributed by atoms with Gasteiger partial charge in [0.1, 0.15) is 12.0 Å². The molecule has 0 amide bonds. The second-order valence-corrected chi connectivity index (χ2v) is 8.14. The van der Waals surface area contributed by atoms with E-state index in [1.807, 2.05) is 32.0 Å². The summed E-state index contributed by atoms with van der Waals surface area (Å²) in [6.45, 7) is 5.14. The van der Waals surface area contributed by atoms with Crippen molar-refractivity contribution in [2.45, 2.75) is 51.2 Å². The molecule has 0 saturated carbocycles. The van der Waals surface area contributed by atoms with Gasteiger partial charge in [-0.25, -0.2) is 0 Å². The average molecular weight is 339 g/mol. The number of hydrogen-bond donors (Lipinski definition) is 0. The van der Waals surface area contributed by atoms with Gasteiger partial charge < -0.3 is 13.8 Å². The van der Waals surface area contributed by atoms with Crippen molar-refractivity contribution >= 4 is 7.60 Å². The molecule has 0 bridgehead atoms. The highest BCUT2D eigenvalue weighted by atomic mass is 31.2. The third-order valence-corrected chi connectivity index (χ3v) is 7.06. The second kappa shape index (κ2) is 7.45. The first-order chi connectivity index (χ1) is 11.2. The van der Waals surface area contributed by atoms with Crippen LogP contribution in [0, 0.1) is 0 Å². The summed E-state index contributed by atoms with van der Waals surface area (Å²) in [6, 6.07) is 10.4. The largest absolute Gasteiger partial charge is 0.361 e. The Bertz CT molecular complexity index is 543. The summed E-state index contributed by atoms with van der Waals surface area (Å²) < 4.78 is 30.6. The summed E-state index contributed by atoms with van der Waals surface area (Å²) in [7, 11) is -3.18. The number of rotatable bonds is 6. The first-order valence-electron chi connectivity index (χ1n) is 8.52. The fourth-order valence-corrected chi connectivity index (χ4v) is 5.94. The zero-order chi connectivity index (χ0) is 16.3. The van der Waals surface area contributed by atoms with E-state index in [1.165, 1.54) is 5.56 Å². The van der Waals surface area contributed by atoms with E-state index in [9.17, 15) is 4.57 Å². The number of ether oxygens (including phenoxy) is 1. The van der Waals surface area contributed by atoms with Gasteiger partial charge in [0.2, 0.25) is 0 Å². The van der Waals surface area contributed by atoms with Crippen molar-refractivity contribution in [1.82, 2.24) is 4.90 Å². The van der Waals surface area contributed by atoms with E-state index in [1.54, 1.807) is 0 Å². The van der Waals surface area contributed by atoms with Crippen molar-refractivity contribution in [1.29, 1.82) is 0 Å². The summed E-state index contributed by atoms with van der Waals surface area (Å²) >= 11 is 0. The maximum atomic E-state index is 13.3. The third-order valence-electron chi connectivity index (χ3n) is 4.56. The van der Waals surface area contributed by atoms with Gasteiger partial charge in [-0.3, -0.25) is 9.46 Å². The molecular weight excluding hydrogens is 313 g/mol. The van der Waals surface area contributed by atoms with E-state index in [0.29, 0.717) is 19.8 Å². The molecule has 0 spiro atoms. The number of piperidine rings is 1. The van der Waals surface area contributed by atoms with Crippen LogP contribution in [0.15, 0.2) is 30.3 Å². The standard InChI is InChI=1S/C17H26NO4P/c1-3-21-23(19,22-4-2)17-12-8-11-16-18(17)15(13-20-16)14-9-6-5-7-10-14/h5-7,9-10,15-17H,3-4,8,11-13H2,1-2H3/t15-,16?,17?/m1/s1. The van der Waals surface area contributed by atoms with Crippen molar-refractivity contribution in [2.75, 3.05) is 19.8 Å². The van der Waals surface area contributed by atoms with Crippen LogP contribution in [0.1, 0.15) is 44.7 Å².